The van der Waals surface area contributed by atoms with Crippen molar-refractivity contribution in [1.82, 2.24) is 9.62 Å². The van der Waals surface area contributed by atoms with Crippen molar-refractivity contribution in [3.8, 4) is 5.75 Å². The fourth-order valence-electron chi connectivity index (χ4n) is 3.65. The zero-order valence-electron chi connectivity index (χ0n) is 17.4. The maximum atomic E-state index is 13.0. The topological polar surface area (TPSA) is 119 Å². The number of carbonyl (C=O) groups is 1. The molecule has 1 fully saturated rings. The van der Waals surface area contributed by atoms with E-state index in [0.717, 1.165) is 11.6 Å². The molecule has 1 heterocycles. The van der Waals surface area contributed by atoms with Gasteiger partial charge in [-0.2, -0.15) is 4.31 Å². The van der Waals surface area contributed by atoms with E-state index in [2.05, 4.69) is 5.32 Å². The molecule has 3 rings (SSSR count). The van der Waals surface area contributed by atoms with Crippen molar-refractivity contribution < 1.29 is 22.9 Å². The Bertz CT molecular complexity index is 1080. The molecule has 2 aromatic carbocycles. The van der Waals surface area contributed by atoms with Crippen molar-refractivity contribution in [2.24, 2.45) is 5.92 Å². The third kappa shape index (κ3) is 5.02. The van der Waals surface area contributed by atoms with Crippen molar-refractivity contribution in [2.75, 3.05) is 20.2 Å². The van der Waals surface area contributed by atoms with Crippen LogP contribution in [0.4, 0.5) is 5.69 Å². The van der Waals surface area contributed by atoms with Gasteiger partial charge in [-0.3, -0.25) is 14.9 Å². The number of amides is 1. The fourth-order valence-corrected chi connectivity index (χ4v) is 5.37. The second-order valence-corrected chi connectivity index (χ2v) is 9.32. The smallest absolute Gasteiger partial charge is 0.270 e. The molecular weight excluding hydrogens is 422 g/mol. The van der Waals surface area contributed by atoms with E-state index in [-0.39, 0.29) is 35.5 Å². The molecule has 0 saturated carbocycles. The minimum absolute atomic E-state index is 0.0687. The number of benzene rings is 2. The number of rotatable bonds is 7. The number of ether oxygens (including phenoxy) is 1. The minimum atomic E-state index is -3.88. The molecule has 0 unspecified atom stereocenters. The van der Waals surface area contributed by atoms with Crippen molar-refractivity contribution in [1.29, 1.82) is 0 Å². The number of non-ortho nitro benzene ring substituents is 1. The van der Waals surface area contributed by atoms with Gasteiger partial charge in [-0.05, 0) is 31.4 Å². The number of hydrogen-bond acceptors (Lipinski definition) is 6. The summed E-state index contributed by atoms with van der Waals surface area (Å²) in [5.74, 6) is 0.262. The van der Waals surface area contributed by atoms with Crippen LogP contribution < -0.4 is 10.1 Å². The molecule has 0 aliphatic carbocycles. The first kappa shape index (κ1) is 22.7. The van der Waals surface area contributed by atoms with Gasteiger partial charge in [-0.1, -0.05) is 24.3 Å². The Morgan fingerprint density at radius 1 is 1.23 bits per heavy atom. The van der Waals surface area contributed by atoms with Gasteiger partial charge in [0.2, 0.25) is 15.9 Å². The Balaban J connectivity index is 1.63. The highest BCUT2D eigenvalue weighted by molar-refractivity contribution is 7.89. The fraction of sp³-hybridized carbons (Fsp3) is 0.381. The summed E-state index contributed by atoms with van der Waals surface area (Å²) in [6.45, 7) is 2.29. The van der Waals surface area contributed by atoms with Crippen molar-refractivity contribution >= 4 is 21.6 Å². The third-order valence-corrected chi connectivity index (χ3v) is 7.51. The summed E-state index contributed by atoms with van der Waals surface area (Å²) >= 11 is 0. The molecule has 0 radical (unpaired) electrons. The van der Waals surface area contributed by atoms with E-state index in [1.54, 1.807) is 14.0 Å². The van der Waals surface area contributed by atoms with Crippen LogP contribution in [0.25, 0.3) is 0 Å². The molecule has 0 atom stereocenters. The van der Waals surface area contributed by atoms with Crippen LogP contribution in [0.3, 0.4) is 0 Å². The van der Waals surface area contributed by atoms with Crippen molar-refractivity contribution in [2.45, 2.75) is 31.2 Å². The molecule has 31 heavy (non-hydrogen) atoms. The van der Waals surface area contributed by atoms with Gasteiger partial charge in [-0.15, -0.1) is 0 Å². The zero-order valence-corrected chi connectivity index (χ0v) is 18.2. The normalized spacial score (nSPS) is 15.4. The molecule has 1 aliphatic rings. The van der Waals surface area contributed by atoms with Crippen LogP contribution in [-0.2, 0) is 21.4 Å². The summed E-state index contributed by atoms with van der Waals surface area (Å²) < 4.78 is 32.6. The molecule has 9 nitrogen and oxygen atoms in total. The maximum absolute atomic E-state index is 13.0. The Hall–Kier alpha value is -2.98. The lowest BCUT2D eigenvalue weighted by molar-refractivity contribution is -0.385. The number of carbonyl (C=O) groups excluding carboxylic acids is 1. The Morgan fingerprint density at radius 3 is 2.55 bits per heavy atom. The van der Waals surface area contributed by atoms with Gasteiger partial charge in [-0.25, -0.2) is 8.42 Å². The zero-order chi connectivity index (χ0) is 22.6. The molecule has 166 valence electrons. The lowest BCUT2D eigenvalue weighted by Crippen LogP contribution is -2.43. The van der Waals surface area contributed by atoms with Crippen LogP contribution in [0.1, 0.15) is 24.0 Å². The summed E-state index contributed by atoms with van der Waals surface area (Å²) in [5, 5.41) is 13.9. The molecule has 1 amide bonds. The van der Waals surface area contributed by atoms with Crippen LogP contribution in [0.2, 0.25) is 0 Å². The molecule has 0 aromatic heterocycles. The number of para-hydroxylation sites is 1. The number of aryl methyl sites for hydroxylation is 1. The monoisotopic (exact) mass is 447 g/mol. The van der Waals surface area contributed by atoms with Crippen LogP contribution in [0.5, 0.6) is 5.75 Å². The summed E-state index contributed by atoms with van der Waals surface area (Å²) in [6.07, 6.45) is 0.760. The lowest BCUT2D eigenvalue weighted by atomic mass is 9.97. The highest BCUT2D eigenvalue weighted by atomic mass is 32.2. The molecule has 0 bridgehead atoms. The van der Waals surface area contributed by atoms with Crippen LogP contribution in [0.15, 0.2) is 47.4 Å². The predicted octanol–water partition coefficient (Wildman–Crippen LogP) is 2.63. The highest BCUT2D eigenvalue weighted by Crippen LogP contribution is 2.28. The number of nitrogens with zero attached hydrogens (tertiary/aromatic N) is 2. The van der Waals surface area contributed by atoms with Crippen LogP contribution >= 0.6 is 0 Å². The molecule has 10 heteroatoms. The van der Waals surface area contributed by atoms with Gasteiger partial charge in [0.1, 0.15) is 5.75 Å². The van der Waals surface area contributed by atoms with E-state index in [0.29, 0.717) is 30.7 Å². The number of nitro benzene ring substituents is 1. The van der Waals surface area contributed by atoms with E-state index < -0.39 is 14.9 Å². The SMILES string of the molecule is COc1ccccc1CNC(=O)C1CCN(S(=O)(=O)c2cc([N+](=O)[O-])ccc2C)CC1. The lowest BCUT2D eigenvalue weighted by Gasteiger charge is -2.31. The molecule has 1 aliphatic heterocycles. The van der Waals surface area contributed by atoms with E-state index in [9.17, 15) is 23.3 Å². The summed E-state index contributed by atoms with van der Waals surface area (Å²) in [7, 11) is -2.31. The van der Waals surface area contributed by atoms with Gasteiger partial charge in [0.25, 0.3) is 5.69 Å². The van der Waals surface area contributed by atoms with Gasteiger partial charge >= 0.3 is 0 Å². The Labute approximate surface area is 181 Å². The van der Waals surface area contributed by atoms with Crippen LogP contribution in [-0.4, -0.2) is 43.8 Å². The molecule has 0 spiro atoms. The second-order valence-electron chi connectivity index (χ2n) is 7.41. The standard InChI is InChI=1S/C21H25N3O6S/c1-15-7-8-18(24(26)27)13-20(15)31(28,29)23-11-9-16(10-12-23)21(25)22-14-17-5-3-4-6-19(17)30-2/h3-8,13,16H,9-12,14H2,1-2H3,(H,22,25). The van der Waals surface area contributed by atoms with E-state index in [4.69, 9.17) is 4.74 Å². The minimum Gasteiger partial charge on any atom is -0.496 e. The number of nitrogens with one attached hydrogen (secondary N) is 1. The average Bonchev–Trinajstić information content (AvgIpc) is 2.77. The maximum Gasteiger partial charge on any atom is 0.270 e. The average molecular weight is 448 g/mol. The van der Waals surface area contributed by atoms with Gasteiger partial charge in [0.05, 0.1) is 16.9 Å². The third-order valence-electron chi connectivity index (χ3n) is 5.47. The Kier molecular flexibility index (Phi) is 6.91. The number of nitro groups is 1. The first-order chi connectivity index (χ1) is 14.7. The van der Waals surface area contributed by atoms with Crippen molar-refractivity contribution in [3.63, 3.8) is 0 Å². The number of hydrogen-bond donors (Lipinski definition) is 1. The summed E-state index contributed by atoms with van der Waals surface area (Å²) in [5.41, 5.74) is 1.04. The van der Waals surface area contributed by atoms with Gasteiger partial charge < -0.3 is 10.1 Å². The van der Waals surface area contributed by atoms with Crippen molar-refractivity contribution in [3.05, 3.63) is 63.7 Å². The number of sulfonamides is 1. The first-order valence-electron chi connectivity index (χ1n) is 9.89. The predicted molar refractivity (Wildman–Crippen MR) is 114 cm³/mol. The van der Waals surface area contributed by atoms with Gasteiger partial charge in [0.15, 0.2) is 0 Å². The number of methoxy groups -OCH3 is 1. The summed E-state index contributed by atoms with van der Waals surface area (Å²) in [4.78, 5) is 22.9. The quantitative estimate of drug-likeness (QED) is 0.515. The van der Waals surface area contributed by atoms with E-state index >= 15 is 0 Å². The van der Waals surface area contributed by atoms with Gasteiger partial charge in [0, 0.05) is 43.2 Å². The van der Waals surface area contributed by atoms with E-state index in [1.165, 1.54) is 16.4 Å². The molecule has 1 saturated heterocycles. The van der Waals surface area contributed by atoms with Crippen LogP contribution in [0, 0.1) is 23.0 Å². The molecular formula is C21H25N3O6S. The summed E-state index contributed by atoms with van der Waals surface area (Å²) in [6, 6.07) is 11.2. The first-order valence-corrected chi connectivity index (χ1v) is 11.3. The number of piperidine rings is 1. The second kappa shape index (κ2) is 9.44. The Morgan fingerprint density at radius 2 is 1.90 bits per heavy atom. The highest BCUT2D eigenvalue weighted by Gasteiger charge is 2.33. The van der Waals surface area contributed by atoms with E-state index in [1.807, 2.05) is 24.3 Å². The largest absolute Gasteiger partial charge is 0.496 e. The molecule has 1 N–H and O–H groups in total. The molecule has 2 aromatic rings.